The molecule has 0 atom stereocenters. The number of hydrogen-bond donors (Lipinski definition) is 1. The van der Waals surface area contributed by atoms with Crippen molar-refractivity contribution in [1.29, 1.82) is 5.26 Å². The van der Waals surface area contributed by atoms with E-state index in [1.807, 2.05) is 18.2 Å². The van der Waals surface area contributed by atoms with Crippen LogP contribution in [0.5, 0.6) is 0 Å². The number of nitrogens with one attached hydrogen (secondary N) is 1. The van der Waals surface area contributed by atoms with Crippen molar-refractivity contribution >= 4 is 5.69 Å². The van der Waals surface area contributed by atoms with E-state index in [1.54, 1.807) is 24.5 Å². The van der Waals surface area contributed by atoms with Gasteiger partial charge >= 0.3 is 0 Å². The van der Waals surface area contributed by atoms with E-state index in [1.165, 1.54) is 0 Å². The van der Waals surface area contributed by atoms with Crippen LogP contribution in [-0.2, 0) is 6.54 Å². The van der Waals surface area contributed by atoms with Crippen LogP contribution in [0.1, 0.15) is 11.4 Å². The summed E-state index contributed by atoms with van der Waals surface area (Å²) in [6.07, 6.45) is 3.22. The Balaban J connectivity index is 2.03. The molecule has 78 valence electrons. The molecule has 0 spiro atoms. The molecule has 0 aromatic carbocycles. The summed E-state index contributed by atoms with van der Waals surface area (Å²) in [5.41, 5.74) is 2.08. The molecule has 0 amide bonds. The quantitative estimate of drug-likeness (QED) is 0.829. The monoisotopic (exact) mass is 211 g/mol. The smallest absolute Gasteiger partial charge is 0.142 e. The van der Waals surface area contributed by atoms with Crippen LogP contribution < -0.4 is 5.32 Å². The highest BCUT2D eigenvalue weighted by molar-refractivity contribution is 5.45. The Bertz CT molecular complexity index is 503. The molecule has 2 heterocycles. The van der Waals surface area contributed by atoms with Crippen LogP contribution in [0.4, 0.5) is 5.69 Å². The minimum Gasteiger partial charge on any atom is -0.379 e. The van der Waals surface area contributed by atoms with Gasteiger partial charge in [-0.25, -0.2) is 4.98 Å². The molecule has 2 aromatic rings. The summed E-state index contributed by atoms with van der Waals surface area (Å²) in [6.45, 7) is 0.572. The summed E-state index contributed by atoms with van der Waals surface area (Å²) in [5.74, 6) is 0. The molecule has 1 N–H and O–H groups in total. The highest BCUT2D eigenvalue weighted by Gasteiger charge is 1.97. The van der Waals surface area contributed by atoms with Gasteiger partial charge in [0, 0.05) is 18.1 Å². The van der Waals surface area contributed by atoms with Crippen molar-refractivity contribution in [2.24, 2.45) is 0 Å². The summed E-state index contributed by atoms with van der Waals surface area (Å²) in [4.78, 5) is 3.88. The predicted octanol–water partition coefficient (Wildman–Crippen LogP) is 1.36. The zero-order valence-electron chi connectivity index (χ0n) is 8.46. The maximum Gasteiger partial charge on any atom is 0.142 e. The lowest BCUT2D eigenvalue weighted by atomic mass is 10.3. The molecule has 16 heavy (non-hydrogen) atoms. The maximum atomic E-state index is 8.68. The third kappa shape index (κ3) is 2.51. The first-order chi connectivity index (χ1) is 7.88. The first kappa shape index (κ1) is 10.1. The summed E-state index contributed by atoms with van der Waals surface area (Å²) in [5, 5.41) is 19.5. The molecule has 0 unspecified atom stereocenters. The number of hydrogen-bond acceptors (Lipinski definition) is 5. The van der Waals surface area contributed by atoms with Gasteiger partial charge in [0.1, 0.15) is 11.8 Å². The normalized spacial score (nSPS) is 9.44. The van der Waals surface area contributed by atoms with Gasteiger partial charge in [0.25, 0.3) is 0 Å². The molecule has 0 aliphatic carbocycles. The lowest BCUT2D eigenvalue weighted by Crippen LogP contribution is -2.02. The number of pyridine rings is 1. The second-order valence-corrected chi connectivity index (χ2v) is 3.11. The van der Waals surface area contributed by atoms with Gasteiger partial charge in [-0.1, -0.05) is 0 Å². The molecule has 0 saturated heterocycles. The Labute approximate surface area is 92.8 Å². The second kappa shape index (κ2) is 4.84. The van der Waals surface area contributed by atoms with Gasteiger partial charge in [0.2, 0.25) is 0 Å². The molecular weight excluding hydrogens is 202 g/mol. The average Bonchev–Trinajstić information content (AvgIpc) is 2.38. The Morgan fingerprint density at radius 2 is 2.25 bits per heavy atom. The van der Waals surface area contributed by atoms with Crippen molar-refractivity contribution in [2.45, 2.75) is 6.54 Å². The van der Waals surface area contributed by atoms with Crippen molar-refractivity contribution in [3.8, 4) is 6.07 Å². The lowest BCUT2D eigenvalue weighted by Gasteiger charge is -2.04. The second-order valence-electron chi connectivity index (χ2n) is 3.11. The van der Waals surface area contributed by atoms with E-state index in [4.69, 9.17) is 5.26 Å². The molecule has 5 heteroatoms. The fourth-order valence-corrected chi connectivity index (χ4v) is 1.22. The molecule has 5 nitrogen and oxygen atoms in total. The van der Waals surface area contributed by atoms with Gasteiger partial charge in [-0.05, 0) is 24.3 Å². The SMILES string of the molecule is N#Cc1cc(NCc2cccnn2)ccn1. The van der Waals surface area contributed by atoms with Crippen LogP contribution in [0.3, 0.4) is 0 Å². The van der Waals surface area contributed by atoms with E-state index in [9.17, 15) is 0 Å². The number of rotatable bonds is 3. The first-order valence-corrected chi connectivity index (χ1v) is 4.75. The fourth-order valence-electron chi connectivity index (χ4n) is 1.22. The van der Waals surface area contributed by atoms with Crippen molar-refractivity contribution in [3.05, 3.63) is 48.0 Å². The van der Waals surface area contributed by atoms with E-state index in [0.29, 0.717) is 12.2 Å². The van der Waals surface area contributed by atoms with Crippen LogP contribution in [-0.4, -0.2) is 15.2 Å². The van der Waals surface area contributed by atoms with Crippen molar-refractivity contribution in [3.63, 3.8) is 0 Å². The van der Waals surface area contributed by atoms with Crippen LogP contribution >= 0.6 is 0 Å². The average molecular weight is 211 g/mol. The predicted molar refractivity (Wildman–Crippen MR) is 58.3 cm³/mol. The van der Waals surface area contributed by atoms with E-state index in [0.717, 1.165) is 11.4 Å². The molecule has 2 rings (SSSR count). The van der Waals surface area contributed by atoms with Crippen molar-refractivity contribution in [2.75, 3.05) is 5.32 Å². The zero-order valence-corrected chi connectivity index (χ0v) is 8.46. The number of nitrogens with zero attached hydrogens (tertiary/aromatic N) is 4. The Morgan fingerprint density at radius 1 is 1.31 bits per heavy atom. The van der Waals surface area contributed by atoms with Crippen LogP contribution in [0.25, 0.3) is 0 Å². The number of anilines is 1. The van der Waals surface area contributed by atoms with E-state index >= 15 is 0 Å². The lowest BCUT2D eigenvalue weighted by molar-refractivity contribution is 0.924. The molecule has 0 radical (unpaired) electrons. The number of aromatic nitrogens is 3. The summed E-state index contributed by atoms with van der Waals surface area (Å²) in [7, 11) is 0. The molecule has 0 bridgehead atoms. The third-order valence-corrected chi connectivity index (χ3v) is 1.98. The highest BCUT2D eigenvalue weighted by Crippen LogP contribution is 2.08. The maximum absolute atomic E-state index is 8.68. The summed E-state index contributed by atoms with van der Waals surface area (Å²) < 4.78 is 0. The van der Waals surface area contributed by atoms with Gasteiger partial charge in [-0.3, -0.25) is 0 Å². The van der Waals surface area contributed by atoms with Crippen LogP contribution in [0.2, 0.25) is 0 Å². The van der Waals surface area contributed by atoms with Gasteiger partial charge in [0.15, 0.2) is 0 Å². The third-order valence-electron chi connectivity index (χ3n) is 1.98. The largest absolute Gasteiger partial charge is 0.379 e. The van der Waals surface area contributed by atoms with Crippen LogP contribution in [0, 0.1) is 11.3 Å². The Kier molecular flexibility index (Phi) is 3.04. The molecule has 0 aliphatic heterocycles. The van der Waals surface area contributed by atoms with Gasteiger partial charge in [-0.2, -0.15) is 15.5 Å². The van der Waals surface area contributed by atoms with Crippen molar-refractivity contribution in [1.82, 2.24) is 15.2 Å². The first-order valence-electron chi connectivity index (χ1n) is 4.75. The molecule has 0 aliphatic rings. The van der Waals surface area contributed by atoms with Gasteiger partial charge < -0.3 is 5.32 Å². The van der Waals surface area contributed by atoms with Crippen LogP contribution in [0.15, 0.2) is 36.7 Å². The zero-order chi connectivity index (χ0) is 11.2. The van der Waals surface area contributed by atoms with E-state index < -0.39 is 0 Å². The summed E-state index contributed by atoms with van der Waals surface area (Å²) >= 11 is 0. The fraction of sp³-hybridized carbons (Fsp3) is 0.0909. The van der Waals surface area contributed by atoms with Gasteiger partial charge in [0.05, 0.1) is 12.2 Å². The van der Waals surface area contributed by atoms with E-state index in [-0.39, 0.29) is 0 Å². The molecule has 0 saturated carbocycles. The van der Waals surface area contributed by atoms with E-state index in [2.05, 4.69) is 20.5 Å². The summed E-state index contributed by atoms with van der Waals surface area (Å²) in [6, 6.07) is 9.19. The van der Waals surface area contributed by atoms with Crippen molar-refractivity contribution < 1.29 is 0 Å². The Hall–Kier alpha value is -2.48. The molecule has 2 aromatic heterocycles. The minimum absolute atomic E-state index is 0.393. The molecular formula is C11H9N5. The standard InChI is InChI=1S/C11H9N5/c12-7-11-6-9(3-5-13-11)14-8-10-2-1-4-15-16-10/h1-6H,8H2,(H,13,14). The number of nitriles is 1. The highest BCUT2D eigenvalue weighted by atomic mass is 15.1. The molecule has 0 fully saturated rings. The topological polar surface area (TPSA) is 74.5 Å². The minimum atomic E-state index is 0.393. The Morgan fingerprint density at radius 3 is 3.00 bits per heavy atom. The van der Waals surface area contributed by atoms with Gasteiger partial charge in [-0.15, -0.1) is 0 Å².